The molecule has 7 nitrogen and oxygen atoms in total. The number of hydrogen-bond acceptors (Lipinski definition) is 10. The number of aryl methyl sites for hydroxylation is 1. The summed E-state index contributed by atoms with van der Waals surface area (Å²) in [6.45, 7) is 8.02. The normalized spacial score (nSPS) is 28.9. The van der Waals surface area contributed by atoms with Gasteiger partial charge in [0.2, 0.25) is 0 Å². The molecule has 2 N–H and O–H groups in total. The number of aromatic hydroxyl groups is 1. The Bertz CT molecular complexity index is 1100. The Balaban J connectivity index is 1.48. The summed E-state index contributed by atoms with van der Waals surface area (Å²) in [6.07, 6.45) is 3.73. The molecule has 3 aliphatic rings. The third kappa shape index (κ3) is 5.80. The van der Waals surface area contributed by atoms with E-state index < -0.39 is 17.1 Å². The first-order valence-electron chi connectivity index (χ1n) is 13.4. The predicted molar refractivity (Wildman–Crippen MR) is 162 cm³/mol. The lowest BCUT2D eigenvalue weighted by molar-refractivity contribution is -0.145. The highest BCUT2D eigenvalue weighted by Gasteiger charge is 2.50. The van der Waals surface area contributed by atoms with Crippen molar-refractivity contribution in [2.24, 2.45) is 15.4 Å². The third-order valence-electron chi connectivity index (χ3n) is 7.88. The number of likely N-dealkylation sites (N-methyl/N-ethyl adjacent to an activating group) is 1. The summed E-state index contributed by atoms with van der Waals surface area (Å²) in [4.78, 5) is 24.4. The number of carbonyl (C=O) groups excluding carboxylic acids is 1. The first kappa shape index (κ1) is 29.8. The quantitative estimate of drug-likeness (QED) is 0.301. The minimum absolute atomic E-state index is 0.0627. The van der Waals surface area contributed by atoms with Gasteiger partial charge in [0, 0.05) is 28.7 Å². The Morgan fingerprint density at radius 1 is 1.29 bits per heavy atom. The first-order chi connectivity index (χ1) is 18.0. The summed E-state index contributed by atoms with van der Waals surface area (Å²) < 4.78 is 4.96. The summed E-state index contributed by atoms with van der Waals surface area (Å²) in [5, 5.41) is 24.2. The lowest BCUT2D eigenvalue weighted by atomic mass is 9.83. The van der Waals surface area contributed by atoms with Crippen LogP contribution in [0.15, 0.2) is 28.2 Å². The summed E-state index contributed by atoms with van der Waals surface area (Å²) >= 11 is 5.09. The molecule has 1 aromatic rings. The molecule has 0 aliphatic carbocycles. The predicted octanol–water partition coefficient (Wildman–Crippen LogP) is 4.82. The smallest absolute Gasteiger partial charge is 0.334 e. The summed E-state index contributed by atoms with van der Waals surface area (Å²) in [5.41, 5.74) is 0.549. The van der Waals surface area contributed by atoms with Gasteiger partial charge in [0.25, 0.3) is 0 Å². The van der Waals surface area contributed by atoms with Crippen LogP contribution in [0.3, 0.4) is 0 Å². The average Bonchev–Trinajstić information content (AvgIpc) is 3.62. The molecule has 1 saturated heterocycles. The molecular weight excluding hydrogens is 539 g/mol. The maximum absolute atomic E-state index is 12.3. The van der Waals surface area contributed by atoms with Crippen LogP contribution in [0, 0.1) is 5.41 Å². The minimum Gasteiger partial charge on any atom is -0.507 e. The van der Waals surface area contributed by atoms with Crippen molar-refractivity contribution in [3.05, 3.63) is 29.3 Å². The van der Waals surface area contributed by atoms with Crippen molar-refractivity contribution in [3.8, 4) is 5.75 Å². The number of aliphatic hydroxyl groups excluding tert-OH is 1. The Morgan fingerprint density at radius 3 is 2.76 bits per heavy atom. The molecule has 0 bridgehead atoms. The molecule has 4 rings (SSSR count). The average molecular weight is 580 g/mol. The van der Waals surface area contributed by atoms with Crippen molar-refractivity contribution in [1.29, 1.82) is 0 Å². The van der Waals surface area contributed by atoms with Crippen LogP contribution in [0.5, 0.6) is 5.75 Å². The number of hydrogen-bond donors (Lipinski definition) is 2. The van der Waals surface area contributed by atoms with Crippen molar-refractivity contribution in [1.82, 2.24) is 4.90 Å². The van der Waals surface area contributed by atoms with Gasteiger partial charge in [-0.15, -0.1) is 35.3 Å². The van der Waals surface area contributed by atoms with Gasteiger partial charge in [-0.2, -0.15) is 0 Å². The lowest BCUT2D eigenvalue weighted by Crippen LogP contribution is -2.51. The number of thioether (sulfide) groups is 3. The highest BCUT2D eigenvalue weighted by Crippen LogP contribution is 2.44. The van der Waals surface area contributed by atoms with E-state index in [-0.39, 0.29) is 23.4 Å². The fourth-order valence-electron chi connectivity index (χ4n) is 5.36. The van der Waals surface area contributed by atoms with E-state index in [4.69, 9.17) is 14.7 Å². The highest BCUT2D eigenvalue weighted by atomic mass is 32.2. The second-order valence-corrected chi connectivity index (χ2v) is 14.3. The van der Waals surface area contributed by atoms with Crippen LogP contribution in [0.25, 0.3) is 0 Å². The van der Waals surface area contributed by atoms with Gasteiger partial charge in [-0.25, -0.2) is 4.79 Å². The minimum atomic E-state index is -0.908. The van der Waals surface area contributed by atoms with E-state index in [1.165, 1.54) is 30.9 Å². The zero-order valence-electron chi connectivity index (χ0n) is 23.3. The Labute approximate surface area is 239 Å². The number of aliphatic imine (C=N–C) groups is 2. The molecule has 210 valence electrons. The number of rotatable bonds is 10. The number of ether oxygens (including phenoxy) is 1. The number of phenolic OH excluding ortho intramolecular Hbond substituents is 1. The van der Waals surface area contributed by atoms with Gasteiger partial charge >= 0.3 is 5.97 Å². The Hall–Kier alpha value is -1.20. The van der Waals surface area contributed by atoms with Crippen LogP contribution in [0.2, 0.25) is 0 Å². The molecule has 0 saturated carbocycles. The van der Waals surface area contributed by atoms with Crippen molar-refractivity contribution >= 4 is 51.3 Å². The molecule has 1 aromatic carbocycles. The van der Waals surface area contributed by atoms with Crippen LogP contribution in [-0.2, 0) is 16.0 Å². The monoisotopic (exact) mass is 579 g/mol. The number of carbonyl (C=O) groups is 1. The van der Waals surface area contributed by atoms with Crippen LogP contribution >= 0.6 is 35.3 Å². The SMILES string of the molecule is CCCCCc1cccc(O)c1C1=N[C@H]([C@@H]2SC[C@@H]([C@@H](O)C(C)(C)C3=N[C@@](C)(C(=O)OC)CS3)N2C)CS1. The van der Waals surface area contributed by atoms with Gasteiger partial charge in [-0.3, -0.25) is 14.9 Å². The van der Waals surface area contributed by atoms with Gasteiger partial charge in [-0.1, -0.05) is 45.7 Å². The molecule has 3 aliphatic heterocycles. The van der Waals surface area contributed by atoms with Crippen LogP contribution in [0.4, 0.5) is 0 Å². The Kier molecular flexibility index (Phi) is 9.50. The van der Waals surface area contributed by atoms with Crippen LogP contribution in [-0.4, -0.2) is 91.7 Å². The second-order valence-electron chi connectivity index (χ2n) is 11.2. The molecule has 10 heteroatoms. The zero-order valence-corrected chi connectivity index (χ0v) is 25.7. The number of methoxy groups -OCH3 is 1. The molecule has 5 atom stereocenters. The van der Waals surface area contributed by atoms with Gasteiger partial charge in [0.05, 0.1) is 35.2 Å². The van der Waals surface area contributed by atoms with Crippen molar-refractivity contribution in [3.63, 3.8) is 0 Å². The van der Waals surface area contributed by atoms with E-state index >= 15 is 0 Å². The van der Waals surface area contributed by atoms with Crippen molar-refractivity contribution in [2.45, 2.75) is 82.5 Å². The number of benzene rings is 1. The fourth-order valence-corrected chi connectivity index (χ4v) is 9.60. The van der Waals surface area contributed by atoms with Gasteiger partial charge in [0.15, 0.2) is 5.54 Å². The van der Waals surface area contributed by atoms with E-state index in [1.807, 2.05) is 31.7 Å². The topological polar surface area (TPSA) is 94.7 Å². The van der Waals surface area contributed by atoms with Crippen molar-refractivity contribution < 1.29 is 19.7 Å². The zero-order chi connectivity index (χ0) is 27.7. The van der Waals surface area contributed by atoms with Crippen molar-refractivity contribution in [2.75, 3.05) is 31.4 Å². The van der Waals surface area contributed by atoms with E-state index in [2.05, 4.69) is 24.9 Å². The Morgan fingerprint density at radius 2 is 2.05 bits per heavy atom. The highest BCUT2D eigenvalue weighted by molar-refractivity contribution is 8.15. The third-order valence-corrected chi connectivity index (χ3v) is 12.1. The molecule has 38 heavy (non-hydrogen) atoms. The molecule has 0 amide bonds. The lowest BCUT2D eigenvalue weighted by Gasteiger charge is -2.38. The van der Waals surface area contributed by atoms with E-state index in [9.17, 15) is 15.0 Å². The number of aliphatic hydroxyl groups is 1. The summed E-state index contributed by atoms with van der Waals surface area (Å²) in [5.74, 6) is 2.13. The number of nitrogens with zero attached hydrogens (tertiary/aromatic N) is 3. The standard InChI is InChI=1S/C28H41N3O4S3/c1-7-8-9-11-17-12-10-13-20(32)21(17)23-29-18(14-36-23)24-31(5)19(15-37-24)22(33)27(2,3)25-30-28(4,16-38-25)26(34)35-6/h10,12-13,18-19,22,24,32-33H,7-9,11,14-16H2,1-6H3/t18-,19-,22+,24-,28+/m0/s1. The van der Waals surface area contributed by atoms with Crippen LogP contribution in [0.1, 0.15) is 58.1 Å². The van der Waals surface area contributed by atoms with Crippen LogP contribution < -0.4 is 0 Å². The molecule has 0 radical (unpaired) electrons. The number of unbranched alkanes of at least 4 members (excludes halogenated alkanes) is 2. The molecule has 3 heterocycles. The molecule has 0 unspecified atom stereocenters. The molecule has 0 spiro atoms. The maximum Gasteiger partial charge on any atom is 0.334 e. The van der Waals surface area contributed by atoms with Gasteiger partial charge in [0.1, 0.15) is 10.8 Å². The number of phenols is 1. The summed E-state index contributed by atoms with van der Waals surface area (Å²) in [7, 11) is 3.46. The largest absolute Gasteiger partial charge is 0.507 e. The molecule has 1 fully saturated rings. The second kappa shape index (κ2) is 12.1. The van der Waals surface area contributed by atoms with E-state index in [0.29, 0.717) is 11.5 Å². The van der Waals surface area contributed by atoms with Gasteiger partial charge in [-0.05, 0) is 38.4 Å². The van der Waals surface area contributed by atoms with E-state index in [1.54, 1.807) is 24.8 Å². The first-order valence-corrected chi connectivity index (χ1v) is 16.4. The van der Waals surface area contributed by atoms with Gasteiger partial charge < -0.3 is 14.9 Å². The molecular formula is C28H41N3O4S3. The maximum atomic E-state index is 12.3. The fraction of sp³-hybridized carbons (Fsp3) is 0.679. The molecule has 0 aromatic heterocycles. The summed E-state index contributed by atoms with van der Waals surface area (Å²) in [6, 6.07) is 5.81. The van der Waals surface area contributed by atoms with E-state index in [0.717, 1.165) is 46.4 Å². The number of esters is 1.